The van der Waals surface area contributed by atoms with Gasteiger partial charge in [0.2, 0.25) is 0 Å². The smallest absolute Gasteiger partial charge is 0.251 e. The van der Waals surface area contributed by atoms with E-state index < -0.39 is 5.91 Å². The molecule has 84 valence electrons. The highest BCUT2D eigenvalue weighted by molar-refractivity contribution is 8.12. The molecule has 0 fully saturated rings. The van der Waals surface area contributed by atoms with E-state index in [0.717, 1.165) is 0 Å². The van der Waals surface area contributed by atoms with Gasteiger partial charge in [-0.3, -0.25) is 9.80 Å². The number of para-hydroxylation sites is 1. The van der Waals surface area contributed by atoms with Gasteiger partial charge in [-0.15, -0.1) is 0 Å². The van der Waals surface area contributed by atoms with Crippen molar-refractivity contribution in [3.05, 3.63) is 23.8 Å². The molecule has 0 atom stereocenters. The van der Waals surface area contributed by atoms with Crippen LogP contribution in [0.15, 0.2) is 23.3 Å². The van der Waals surface area contributed by atoms with Crippen LogP contribution in [0.2, 0.25) is 0 Å². The van der Waals surface area contributed by atoms with Gasteiger partial charge in [0, 0.05) is 0 Å². The number of hydrazone groups is 1. The van der Waals surface area contributed by atoms with Crippen LogP contribution in [-0.2, 0) is 0 Å². The van der Waals surface area contributed by atoms with Gasteiger partial charge in [-0.2, -0.15) is 5.10 Å². The summed E-state index contributed by atoms with van der Waals surface area (Å²) in [5.41, 5.74) is 8.08. The lowest BCUT2D eigenvalue weighted by Gasteiger charge is -2.18. The summed E-state index contributed by atoms with van der Waals surface area (Å²) in [6.07, 6.45) is 0. The molecule has 0 aliphatic carbocycles. The molecule has 0 saturated heterocycles. The molecular formula is C10H11N3O2S. The van der Waals surface area contributed by atoms with E-state index in [1.54, 1.807) is 47.6 Å². The Balaban J connectivity index is 2.53. The molecule has 2 N–H and O–H groups in total. The first-order valence-electron chi connectivity index (χ1n) is 4.62. The summed E-state index contributed by atoms with van der Waals surface area (Å²) in [5, 5.41) is 5.84. The molecule has 5 nitrogen and oxygen atoms in total. The van der Waals surface area contributed by atoms with E-state index in [1.165, 1.54) is 0 Å². The van der Waals surface area contributed by atoms with Crippen molar-refractivity contribution in [1.29, 1.82) is 0 Å². The number of methoxy groups -OCH3 is 1. The van der Waals surface area contributed by atoms with Gasteiger partial charge in [-0.25, -0.2) is 0 Å². The summed E-state index contributed by atoms with van der Waals surface area (Å²) in [7, 11) is 1.55. The molecule has 0 spiro atoms. The average molecular weight is 237 g/mol. The number of amides is 1. The SMILES string of the molecule is COc1cccc(C(N)=O)c1N1CSC=N1. The lowest BCUT2D eigenvalue weighted by molar-refractivity contribution is 0.100. The number of hydrogen-bond acceptors (Lipinski definition) is 5. The molecule has 1 aromatic rings. The van der Waals surface area contributed by atoms with Crippen LogP contribution in [0.5, 0.6) is 5.75 Å². The number of rotatable bonds is 3. The Morgan fingerprint density at radius 2 is 2.44 bits per heavy atom. The Kier molecular flexibility index (Phi) is 3.00. The number of carbonyl (C=O) groups excluding carboxylic acids is 1. The second kappa shape index (κ2) is 4.44. The topological polar surface area (TPSA) is 67.9 Å². The van der Waals surface area contributed by atoms with Gasteiger partial charge in [0.25, 0.3) is 5.91 Å². The molecular weight excluding hydrogens is 226 g/mol. The van der Waals surface area contributed by atoms with Crippen molar-refractivity contribution in [2.24, 2.45) is 10.8 Å². The van der Waals surface area contributed by atoms with Crippen molar-refractivity contribution in [3.8, 4) is 5.75 Å². The molecule has 16 heavy (non-hydrogen) atoms. The molecule has 1 aliphatic rings. The first kappa shape index (κ1) is 10.8. The molecule has 6 heteroatoms. The molecule has 0 unspecified atom stereocenters. The molecule has 0 radical (unpaired) electrons. The van der Waals surface area contributed by atoms with Crippen molar-refractivity contribution < 1.29 is 9.53 Å². The van der Waals surface area contributed by atoms with E-state index in [0.29, 0.717) is 22.9 Å². The first-order chi connectivity index (χ1) is 7.74. The lowest BCUT2D eigenvalue weighted by atomic mass is 10.1. The van der Waals surface area contributed by atoms with Gasteiger partial charge >= 0.3 is 0 Å². The van der Waals surface area contributed by atoms with E-state index in [9.17, 15) is 4.79 Å². The van der Waals surface area contributed by atoms with Crippen molar-refractivity contribution >= 4 is 28.9 Å². The highest BCUT2D eigenvalue weighted by Crippen LogP contribution is 2.34. The average Bonchev–Trinajstić information content (AvgIpc) is 2.81. The zero-order chi connectivity index (χ0) is 11.5. The number of carbonyl (C=O) groups is 1. The molecule has 0 aromatic heterocycles. The normalized spacial score (nSPS) is 14.2. The third-order valence-electron chi connectivity index (χ3n) is 2.20. The third-order valence-corrected chi connectivity index (χ3v) is 2.84. The molecule has 0 saturated carbocycles. The fourth-order valence-electron chi connectivity index (χ4n) is 1.50. The fourth-order valence-corrected chi connectivity index (χ4v) is 2.09. The van der Waals surface area contributed by atoms with Crippen LogP contribution in [-0.4, -0.2) is 24.4 Å². The van der Waals surface area contributed by atoms with Crippen molar-refractivity contribution in [1.82, 2.24) is 0 Å². The Labute approximate surface area is 97.2 Å². The number of hydrogen-bond donors (Lipinski definition) is 1. The Hall–Kier alpha value is -1.69. The maximum Gasteiger partial charge on any atom is 0.251 e. The highest BCUT2D eigenvalue weighted by atomic mass is 32.2. The maximum atomic E-state index is 11.3. The summed E-state index contributed by atoms with van der Waals surface area (Å²) in [6, 6.07) is 5.17. The first-order valence-corrected chi connectivity index (χ1v) is 5.67. The van der Waals surface area contributed by atoms with Crippen molar-refractivity contribution in [3.63, 3.8) is 0 Å². The standard InChI is InChI=1S/C10H11N3O2S/c1-15-8-4-2-3-7(10(11)14)9(8)13-6-16-5-12-13/h2-5H,6H2,1H3,(H2,11,14). The molecule has 1 heterocycles. The van der Waals surface area contributed by atoms with Gasteiger partial charge in [0.05, 0.1) is 24.1 Å². The van der Waals surface area contributed by atoms with Gasteiger partial charge in [0.1, 0.15) is 11.4 Å². The summed E-state index contributed by atoms with van der Waals surface area (Å²) in [6.45, 7) is 0. The van der Waals surface area contributed by atoms with Crippen LogP contribution in [0.25, 0.3) is 0 Å². The number of nitrogens with two attached hydrogens (primary N) is 1. The second-order valence-corrected chi connectivity index (χ2v) is 3.94. The summed E-state index contributed by atoms with van der Waals surface area (Å²) < 4.78 is 5.22. The number of nitrogens with zero attached hydrogens (tertiary/aromatic N) is 2. The number of primary amides is 1. The van der Waals surface area contributed by atoms with E-state index in [-0.39, 0.29) is 0 Å². The number of thioether (sulfide) groups is 1. The fraction of sp³-hybridized carbons (Fsp3) is 0.200. The maximum absolute atomic E-state index is 11.3. The van der Waals surface area contributed by atoms with Crippen LogP contribution in [0.1, 0.15) is 10.4 Å². The van der Waals surface area contributed by atoms with Gasteiger partial charge < -0.3 is 10.5 Å². The molecule has 1 aliphatic heterocycles. The minimum absolute atomic E-state index is 0.416. The third kappa shape index (κ3) is 1.83. The van der Waals surface area contributed by atoms with Crippen LogP contribution >= 0.6 is 11.8 Å². The van der Waals surface area contributed by atoms with E-state index in [2.05, 4.69) is 5.10 Å². The summed E-state index contributed by atoms with van der Waals surface area (Å²) >= 11 is 1.54. The molecule has 2 rings (SSSR count). The van der Waals surface area contributed by atoms with E-state index in [4.69, 9.17) is 10.5 Å². The summed E-state index contributed by atoms with van der Waals surface area (Å²) in [4.78, 5) is 11.3. The van der Waals surface area contributed by atoms with Gasteiger partial charge in [-0.1, -0.05) is 17.8 Å². The molecule has 0 bridgehead atoms. The molecule has 1 amide bonds. The molecule has 1 aromatic carbocycles. The van der Waals surface area contributed by atoms with Crippen LogP contribution in [0.3, 0.4) is 0 Å². The Bertz CT molecular complexity index is 448. The van der Waals surface area contributed by atoms with Gasteiger partial charge in [0.15, 0.2) is 0 Å². The highest BCUT2D eigenvalue weighted by Gasteiger charge is 2.20. The number of anilines is 1. The minimum atomic E-state index is -0.485. The Morgan fingerprint density at radius 1 is 1.62 bits per heavy atom. The zero-order valence-corrected chi connectivity index (χ0v) is 9.53. The van der Waals surface area contributed by atoms with E-state index in [1.807, 2.05) is 0 Å². The predicted octanol–water partition coefficient (Wildman–Crippen LogP) is 1.25. The predicted molar refractivity (Wildman–Crippen MR) is 64.9 cm³/mol. The monoisotopic (exact) mass is 237 g/mol. The zero-order valence-electron chi connectivity index (χ0n) is 8.71. The second-order valence-electron chi connectivity index (χ2n) is 3.14. The van der Waals surface area contributed by atoms with Crippen LogP contribution in [0.4, 0.5) is 5.69 Å². The van der Waals surface area contributed by atoms with Crippen molar-refractivity contribution in [2.45, 2.75) is 0 Å². The van der Waals surface area contributed by atoms with Crippen molar-refractivity contribution in [2.75, 3.05) is 18.0 Å². The van der Waals surface area contributed by atoms with Crippen LogP contribution in [0, 0.1) is 0 Å². The van der Waals surface area contributed by atoms with E-state index >= 15 is 0 Å². The minimum Gasteiger partial charge on any atom is -0.494 e. The largest absolute Gasteiger partial charge is 0.494 e. The number of benzene rings is 1. The quantitative estimate of drug-likeness (QED) is 0.859. The Morgan fingerprint density at radius 3 is 3.00 bits per heavy atom. The number of ether oxygens (including phenoxy) is 1. The lowest BCUT2D eigenvalue weighted by Crippen LogP contribution is -2.19. The van der Waals surface area contributed by atoms with Crippen LogP contribution < -0.4 is 15.5 Å². The summed E-state index contributed by atoms with van der Waals surface area (Å²) in [5.74, 6) is 0.762. The van der Waals surface area contributed by atoms with Gasteiger partial charge in [-0.05, 0) is 12.1 Å².